The van der Waals surface area contributed by atoms with Crippen molar-refractivity contribution in [2.75, 3.05) is 13.2 Å². The summed E-state index contributed by atoms with van der Waals surface area (Å²) < 4.78 is 5.36. The van der Waals surface area contributed by atoms with E-state index in [1.807, 2.05) is 26.0 Å². The zero-order valence-electron chi connectivity index (χ0n) is 8.53. The maximum atomic E-state index is 9.38. The summed E-state index contributed by atoms with van der Waals surface area (Å²) in [6, 6.07) is 5.40. The van der Waals surface area contributed by atoms with Crippen LogP contribution in [0.1, 0.15) is 24.2 Å². The number of aliphatic hydroxyl groups is 2. The van der Waals surface area contributed by atoms with E-state index < -0.39 is 6.10 Å². The second-order valence-electron chi connectivity index (χ2n) is 3.16. The van der Waals surface area contributed by atoms with Gasteiger partial charge >= 0.3 is 0 Å². The Morgan fingerprint density at radius 1 is 1.43 bits per heavy atom. The molecule has 3 nitrogen and oxygen atoms in total. The van der Waals surface area contributed by atoms with Gasteiger partial charge in [0.2, 0.25) is 0 Å². The van der Waals surface area contributed by atoms with E-state index in [1.165, 1.54) is 0 Å². The molecule has 14 heavy (non-hydrogen) atoms. The molecule has 0 aliphatic carbocycles. The lowest BCUT2D eigenvalue weighted by Crippen LogP contribution is -2.03. The van der Waals surface area contributed by atoms with Crippen molar-refractivity contribution in [2.24, 2.45) is 0 Å². The molecule has 1 aromatic rings. The molecule has 1 rings (SSSR count). The van der Waals surface area contributed by atoms with Gasteiger partial charge in [-0.1, -0.05) is 6.07 Å². The first-order chi connectivity index (χ1) is 6.69. The van der Waals surface area contributed by atoms with Gasteiger partial charge in [0.25, 0.3) is 0 Å². The first-order valence-corrected chi connectivity index (χ1v) is 4.71. The average Bonchev–Trinajstić information content (AvgIpc) is 2.20. The lowest BCUT2D eigenvalue weighted by atomic mass is 10.1. The van der Waals surface area contributed by atoms with Crippen LogP contribution in [-0.2, 0) is 0 Å². The zero-order valence-corrected chi connectivity index (χ0v) is 8.53. The van der Waals surface area contributed by atoms with Gasteiger partial charge in [-0.25, -0.2) is 0 Å². The van der Waals surface area contributed by atoms with Crippen LogP contribution in [0.25, 0.3) is 0 Å². The van der Waals surface area contributed by atoms with Crippen molar-refractivity contribution in [3.63, 3.8) is 0 Å². The summed E-state index contributed by atoms with van der Waals surface area (Å²) in [5.41, 5.74) is 1.69. The molecular weight excluding hydrogens is 180 g/mol. The van der Waals surface area contributed by atoms with Gasteiger partial charge in [-0.2, -0.15) is 0 Å². The lowest BCUT2D eigenvalue weighted by Gasteiger charge is -2.11. The summed E-state index contributed by atoms with van der Waals surface area (Å²) in [6.45, 7) is 4.21. The smallest absolute Gasteiger partial charge is 0.122 e. The Hall–Kier alpha value is -1.06. The lowest BCUT2D eigenvalue weighted by molar-refractivity contribution is 0.0955. The zero-order chi connectivity index (χ0) is 10.6. The van der Waals surface area contributed by atoms with Crippen LogP contribution in [0, 0.1) is 6.92 Å². The van der Waals surface area contributed by atoms with Crippen LogP contribution in [0.4, 0.5) is 0 Å². The fourth-order valence-electron chi connectivity index (χ4n) is 1.30. The third-order valence-corrected chi connectivity index (χ3v) is 2.06. The van der Waals surface area contributed by atoms with Gasteiger partial charge < -0.3 is 14.9 Å². The molecule has 1 unspecified atom stereocenters. The Balaban J connectivity index is 2.88. The summed E-state index contributed by atoms with van der Waals surface area (Å²) in [5, 5.41) is 18.2. The van der Waals surface area contributed by atoms with Gasteiger partial charge in [0.15, 0.2) is 0 Å². The third-order valence-electron chi connectivity index (χ3n) is 2.06. The number of ether oxygens (including phenoxy) is 1. The Morgan fingerprint density at radius 2 is 2.14 bits per heavy atom. The van der Waals surface area contributed by atoms with E-state index in [-0.39, 0.29) is 6.61 Å². The van der Waals surface area contributed by atoms with Gasteiger partial charge in [-0.15, -0.1) is 0 Å². The van der Waals surface area contributed by atoms with Crippen LogP contribution in [0.5, 0.6) is 5.75 Å². The van der Waals surface area contributed by atoms with Gasteiger partial charge in [-0.3, -0.25) is 0 Å². The maximum Gasteiger partial charge on any atom is 0.122 e. The molecule has 78 valence electrons. The molecule has 0 saturated heterocycles. The number of benzene rings is 1. The van der Waals surface area contributed by atoms with Crippen molar-refractivity contribution in [2.45, 2.75) is 20.0 Å². The largest absolute Gasteiger partial charge is 0.494 e. The molecule has 2 N–H and O–H groups in total. The second-order valence-corrected chi connectivity index (χ2v) is 3.16. The summed E-state index contributed by atoms with van der Waals surface area (Å²) >= 11 is 0. The standard InChI is InChI=1S/C11H16O3/c1-3-14-11-5-4-9(6-8(11)2)10(13)7-12/h4-6,10,12-13H,3,7H2,1-2H3. The normalized spacial score (nSPS) is 12.6. The maximum absolute atomic E-state index is 9.38. The molecule has 0 fully saturated rings. The van der Waals surface area contributed by atoms with E-state index in [4.69, 9.17) is 9.84 Å². The molecule has 1 atom stereocenters. The van der Waals surface area contributed by atoms with Crippen LogP contribution in [0.15, 0.2) is 18.2 Å². The molecule has 0 radical (unpaired) electrons. The Bertz CT molecular complexity index is 297. The van der Waals surface area contributed by atoms with E-state index in [0.717, 1.165) is 11.3 Å². The summed E-state index contributed by atoms with van der Waals surface area (Å²) in [4.78, 5) is 0. The molecule has 0 aromatic heterocycles. The predicted octanol–water partition coefficient (Wildman–Crippen LogP) is 1.42. The molecule has 0 aliphatic heterocycles. The van der Waals surface area contributed by atoms with E-state index in [1.54, 1.807) is 6.07 Å². The molecular formula is C11H16O3. The summed E-state index contributed by atoms with van der Waals surface area (Å²) in [6.07, 6.45) is -0.802. The van der Waals surface area contributed by atoms with E-state index in [9.17, 15) is 5.11 Å². The van der Waals surface area contributed by atoms with Crippen molar-refractivity contribution in [1.29, 1.82) is 0 Å². The Labute approximate surface area is 84.0 Å². The number of rotatable bonds is 4. The topological polar surface area (TPSA) is 49.7 Å². The molecule has 0 heterocycles. The van der Waals surface area contributed by atoms with Crippen LogP contribution < -0.4 is 4.74 Å². The van der Waals surface area contributed by atoms with Crippen molar-refractivity contribution in [3.05, 3.63) is 29.3 Å². The van der Waals surface area contributed by atoms with Crippen LogP contribution >= 0.6 is 0 Å². The van der Waals surface area contributed by atoms with Crippen LogP contribution in [0.2, 0.25) is 0 Å². The third kappa shape index (κ3) is 2.47. The minimum absolute atomic E-state index is 0.257. The number of hydrogen-bond acceptors (Lipinski definition) is 3. The highest BCUT2D eigenvalue weighted by Gasteiger charge is 2.07. The number of hydrogen-bond donors (Lipinski definition) is 2. The van der Waals surface area contributed by atoms with Gasteiger partial charge in [0, 0.05) is 0 Å². The Morgan fingerprint density at radius 3 is 2.64 bits per heavy atom. The molecule has 0 spiro atoms. The van der Waals surface area contributed by atoms with E-state index in [2.05, 4.69) is 0 Å². The Kier molecular flexibility index (Phi) is 3.92. The van der Waals surface area contributed by atoms with E-state index >= 15 is 0 Å². The fraction of sp³-hybridized carbons (Fsp3) is 0.455. The van der Waals surface area contributed by atoms with Crippen molar-refractivity contribution < 1.29 is 14.9 Å². The molecule has 0 saturated carbocycles. The summed E-state index contributed by atoms with van der Waals surface area (Å²) in [5.74, 6) is 0.821. The summed E-state index contributed by atoms with van der Waals surface area (Å²) in [7, 11) is 0. The second kappa shape index (κ2) is 4.98. The van der Waals surface area contributed by atoms with Crippen molar-refractivity contribution in [1.82, 2.24) is 0 Å². The molecule has 0 aliphatic rings. The molecule has 0 bridgehead atoms. The van der Waals surface area contributed by atoms with Gasteiger partial charge in [0.05, 0.1) is 13.2 Å². The molecule has 1 aromatic carbocycles. The molecule has 0 amide bonds. The predicted molar refractivity (Wildman–Crippen MR) is 54.4 cm³/mol. The van der Waals surface area contributed by atoms with Crippen LogP contribution in [-0.4, -0.2) is 23.4 Å². The monoisotopic (exact) mass is 196 g/mol. The quantitative estimate of drug-likeness (QED) is 0.765. The van der Waals surface area contributed by atoms with Crippen LogP contribution in [0.3, 0.4) is 0 Å². The highest BCUT2D eigenvalue weighted by atomic mass is 16.5. The average molecular weight is 196 g/mol. The van der Waals surface area contributed by atoms with Crippen molar-refractivity contribution >= 4 is 0 Å². The minimum atomic E-state index is -0.802. The SMILES string of the molecule is CCOc1ccc(C(O)CO)cc1C. The van der Waals surface area contributed by atoms with Crippen molar-refractivity contribution in [3.8, 4) is 5.75 Å². The molecule has 3 heteroatoms. The fourth-order valence-corrected chi connectivity index (χ4v) is 1.30. The number of aryl methyl sites for hydroxylation is 1. The first-order valence-electron chi connectivity index (χ1n) is 4.71. The van der Waals surface area contributed by atoms with E-state index in [0.29, 0.717) is 12.2 Å². The number of aliphatic hydroxyl groups excluding tert-OH is 2. The first kappa shape index (κ1) is 11.0. The highest BCUT2D eigenvalue weighted by Crippen LogP contribution is 2.22. The highest BCUT2D eigenvalue weighted by molar-refractivity contribution is 5.37. The van der Waals surface area contributed by atoms with Gasteiger partial charge in [0.1, 0.15) is 11.9 Å². The van der Waals surface area contributed by atoms with Gasteiger partial charge in [-0.05, 0) is 37.1 Å². The minimum Gasteiger partial charge on any atom is -0.494 e.